The van der Waals surface area contributed by atoms with Gasteiger partial charge in [-0.25, -0.2) is 4.79 Å². The molecule has 342 valence electrons. The first-order valence-electron chi connectivity index (χ1n) is 21.9. The van der Waals surface area contributed by atoms with E-state index in [2.05, 4.69) is 87.2 Å². The summed E-state index contributed by atoms with van der Waals surface area (Å²) in [6, 6.07) is 3.14. The third-order valence-electron chi connectivity index (χ3n) is 13.1. The van der Waals surface area contributed by atoms with Crippen molar-refractivity contribution in [2.45, 2.75) is 122 Å². The van der Waals surface area contributed by atoms with Crippen LogP contribution in [0.3, 0.4) is 0 Å². The predicted octanol–water partition coefficient (Wildman–Crippen LogP) is 4.53. The zero-order valence-corrected chi connectivity index (χ0v) is 38.2. The lowest BCUT2D eigenvalue weighted by atomic mass is 9.65. The molecule has 4 N–H and O–H groups in total. The molecule has 1 aromatic rings. The molecule has 0 saturated carbocycles. The quantitative estimate of drug-likeness (QED) is 0.0825. The Kier molecular flexibility index (Phi) is 14.8. The summed E-state index contributed by atoms with van der Waals surface area (Å²) >= 11 is 0. The molecule has 7 amide bonds. The maximum atomic E-state index is 13.3. The first-order valence-corrected chi connectivity index (χ1v) is 24.8. The molecule has 8 atom stereocenters. The fourth-order valence-corrected chi connectivity index (χ4v) is 10.3. The standard InChI is InChI=1S/C45H61N5O12Si/c1-25-19-27-12-11-26(2)30(14-13-28-21-29(22-38(54)60-28)62-63(6,7)45(3,4)5)39(27)34(20-25)61-44(58)46-17-18-59-24-37(53)47-23-36(52)48-32-10-8-9-31-40(32)43(57)50(42(31)56)33-15-16-35(51)49-41(33)55/h8-12,19,25-26,28-30,33-34,39H,13-18,20-24H2,1-7H3,(H,46,58)(H,47,53)(H,48,52)(H,49,51,55)/t25-,26-,28+,29+,30-,33?,34-,39-/m0/s1. The van der Waals surface area contributed by atoms with Crippen molar-refractivity contribution >= 4 is 61.5 Å². The van der Waals surface area contributed by atoms with Gasteiger partial charge in [0.15, 0.2) is 8.32 Å². The molecule has 0 bridgehead atoms. The van der Waals surface area contributed by atoms with Gasteiger partial charge in [-0.1, -0.05) is 58.9 Å². The highest BCUT2D eigenvalue weighted by molar-refractivity contribution is 6.74. The number of nitrogens with one attached hydrogen (secondary N) is 4. The maximum Gasteiger partial charge on any atom is 0.407 e. The highest BCUT2D eigenvalue weighted by Crippen LogP contribution is 2.46. The summed E-state index contributed by atoms with van der Waals surface area (Å²) in [5, 5.41) is 9.84. The van der Waals surface area contributed by atoms with Crippen molar-refractivity contribution in [3.05, 3.63) is 53.1 Å². The molecular formula is C45H61N5O12Si. The van der Waals surface area contributed by atoms with Crippen LogP contribution in [-0.4, -0.2) is 111 Å². The van der Waals surface area contributed by atoms with E-state index in [0.29, 0.717) is 19.3 Å². The Morgan fingerprint density at radius 2 is 1.75 bits per heavy atom. The second-order valence-electron chi connectivity index (χ2n) is 18.8. The van der Waals surface area contributed by atoms with Crippen LogP contribution in [0.1, 0.15) is 100 Å². The van der Waals surface area contributed by atoms with Gasteiger partial charge in [0.1, 0.15) is 24.9 Å². The van der Waals surface area contributed by atoms with E-state index in [0.717, 1.165) is 16.9 Å². The van der Waals surface area contributed by atoms with Gasteiger partial charge in [0.05, 0.1) is 42.5 Å². The number of amides is 7. The zero-order valence-electron chi connectivity index (χ0n) is 37.2. The van der Waals surface area contributed by atoms with E-state index in [4.69, 9.17) is 18.6 Å². The molecule has 18 heteroatoms. The fraction of sp³-hybridized carbons (Fsp3) is 0.600. The molecule has 3 heterocycles. The summed E-state index contributed by atoms with van der Waals surface area (Å²) < 4.78 is 24.0. The van der Waals surface area contributed by atoms with Crippen LogP contribution < -0.4 is 21.3 Å². The summed E-state index contributed by atoms with van der Waals surface area (Å²) in [6.45, 7) is 14.4. The molecular weight excluding hydrogens is 831 g/mol. The zero-order chi connectivity index (χ0) is 45.8. The number of hydrogen-bond acceptors (Lipinski definition) is 12. The molecule has 0 spiro atoms. The minimum absolute atomic E-state index is 0.000918. The van der Waals surface area contributed by atoms with E-state index in [-0.39, 0.29) is 102 Å². The van der Waals surface area contributed by atoms with Crippen molar-refractivity contribution in [3.63, 3.8) is 0 Å². The van der Waals surface area contributed by atoms with Crippen LogP contribution in [0.4, 0.5) is 10.5 Å². The third kappa shape index (κ3) is 11.3. The van der Waals surface area contributed by atoms with Gasteiger partial charge in [0.25, 0.3) is 11.8 Å². The summed E-state index contributed by atoms with van der Waals surface area (Å²) in [5.74, 6) is -3.71. The number of rotatable bonds is 15. The number of fused-ring (bicyclic) bond motifs is 2. The van der Waals surface area contributed by atoms with Gasteiger partial charge in [0.2, 0.25) is 23.6 Å². The Balaban J connectivity index is 0.927. The van der Waals surface area contributed by atoms with Gasteiger partial charge in [0, 0.05) is 25.3 Å². The molecule has 1 aromatic carbocycles. The average Bonchev–Trinajstić information content (AvgIpc) is 3.45. The number of imide groups is 2. The first kappa shape index (κ1) is 47.3. The lowest BCUT2D eigenvalue weighted by molar-refractivity contribution is -0.160. The molecule has 2 saturated heterocycles. The number of allylic oxidation sites excluding steroid dienone is 3. The Morgan fingerprint density at radius 3 is 2.48 bits per heavy atom. The number of piperidine rings is 1. The van der Waals surface area contributed by atoms with Gasteiger partial charge in [-0.05, 0) is 79.3 Å². The molecule has 63 heavy (non-hydrogen) atoms. The number of carbonyl (C=O) groups excluding carboxylic acids is 8. The van der Waals surface area contributed by atoms with E-state index < -0.39 is 69.0 Å². The number of carbonyl (C=O) groups is 8. The van der Waals surface area contributed by atoms with E-state index in [1.807, 2.05) is 0 Å². The van der Waals surface area contributed by atoms with Crippen LogP contribution in [0.5, 0.6) is 0 Å². The number of alkyl carbamates (subject to hydrolysis) is 1. The normalized spacial score (nSPS) is 27.1. The van der Waals surface area contributed by atoms with Gasteiger partial charge < -0.3 is 34.6 Å². The topological polar surface area (TPSA) is 225 Å². The molecule has 0 aromatic heterocycles. The number of anilines is 1. The molecule has 6 rings (SSSR count). The first-order chi connectivity index (χ1) is 29.7. The summed E-state index contributed by atoms with van der Waals surface area (Å²) in [4.78, 5) is 102. The van der Waals surface area contributed by atoms with Crippen LogP contribution in [0.2, 0.25) is 18.1 Å². The van der Waals surface area contributed by atoms with Gasteiger partial charge in [-0.2, -0.15) is 0 Å². The SMILES string of the molecule is C[C@H]1C=C2C=C[C@H](C)[C@H](CC[C@@H]3C[C@@H](O[Si](C)(C)C(C)(C)C)CC(=O)O3)[C@H]2[C@@H](OC(=O)NCCOCC(=O)NCC(=O)Nc2cccc3c2C(=O)N(C2CCC(=O)NC2=O)C3=O)C1. The van der Waals surface area contributed by atoms with Crippen molar-refractivity contribution in [2.24, 2.45) is 23.7 Å². The summed E-state index contributed by atoms with van der Waals surface area (Å²) in [5.41, 5.74) is 1.08. The molecule has 3 aliphatic heterocycles. The fourth-order valence-electron chi connectivity index (χ4n) is 8.92. The van der Waals surface area contributed by atoms with Crippen LogP contribution in [0.25, 0.3) is 0 Å². The monoisotopic (exact) mass is 891 g/mol. The van der Waals surface area contributed by atoms with Crippen LogP contribution in [0.15, 0.2) is 42.0 Å². The number of nitrogens with zero attached hydrogens (tertiary/aromatic N) is 1. The molecule has 5 aliphatic rings. The minimum atomic E-state index is -2.07. The Bertz CT molecular complexity index is 2060. The molecule has 0 radical (unpaired) electrons. The predicted molar refractivity (Wildman–Crippen MR) is 231 cm³/mol. The Hall–Kier alpha value is -5.20. The summed E-state index contributed by atoms with van der Waals surface area (Å²) in [6.07, 6.45) is 8.24. The van der Waals surface area contributed by atoms with Crippen LogP contribution in [0, 0.1) is 23.7 Å². The molecule has 2 aliphatic carbocycles. The number of esters is 1. The Morgan fingerprint density at radius 1 is 0.984 bits per heavy atom. The highest BCUT2D eigenvalue weighted by Gasteiger charge is 2.47. The van der Waals surface area contributed by atoms with Gasteiger partial charge >= 0.3 is 12.1 Å². The number of cyclic esters (lactones) is 1. The van der Waals surface area contributed by atoms with Crippen molar-refractivity contribution in [1.82, 2.24) is 20.9 Å². The van der Waals surface area contributed by atoms with Crippen LogP contribution in [-0.2, 0) is 42.6 Å². The van der Waals surface area contributed by atoms with Gasteiger partial charge in [-0.3, -0.25) is 43.8 Å². The molecule has 1 unspecified atom stereocenters. The highest BCUT2D eigenvalue weighted by atomic mass is 28.4. The van der Waals surface area contributed by atoms with Crippen molar-refractivity contribution < 1.29 is 57.0 Å². The minimum Gasteiger partial charge on any atom is -0.462 e. The number of hydrogen-bond donors (Lipinski definition) is 4. The van der Waals surface area contributed by atoms with Crippen LogP contribution >= 0.6 is 0 Å². The van der Waals surface area contributed by atoms with Crippen molar-refractivity contribution in [1.29, 1.82) is 0 Å². The second-order valence-corrected chi connectivity index (χ2v) is 23.6. The maximum absolute atomic E-state index is 13.3. The van der Waals surface area contributed by atoms with Crippen molar-refractivity contribution in [3.8, 4) is 0 Å². The molecule has 17 nitrogen and oxygen atoms in total. The number of benzene rings is 1. The summed E-state index contributed by atoms with van der Waals surface area (Å²) in [7, 11) is -2.07. The lowest BCUT2D eigenvalue weighted by Crippen LogP contribution is -2.54. The van der Waals surface area contributed by atoms with E-state index in [1.54, 1.807) is 0 Å². The van der Waals surface area contributed by atoms with E-state index in [1.165, 1.54) is 18.2 Å². The van der Waals surface area contributed by atoms with Gasteiger partial charge in [-0.15, -0.1) is 0 Å². The Labute approximate surface area is 368 Å². The average molecular weight is 892 g/mol. The number of ether oxygens (including phenoxy) is 3. The van der Waals surface area contributed by atoms with E-state index in [9.17, 15) is 38.4 Å². The second kappa shape index (κ2) is 19.7. The van der Waals surface area contributed by atoms with Crippen molar-refractivity contribution in [2.75, 3.05) is 31.6 Å². The smallest absolute Gasteiger partial charge is 0.407 e. The van der Waals surface area contributed by atoms with E-state index >= 15 is 0 Å². The largest absolute Gasteiger partial charge is 0.462 e. The molecule has 2 fully saturated rings. The lowest BCUT2D eigenvalue weighted by Gasteiger charge is -2.44. The third-order valence-corrected chi connectivity index (χ3v) is 17.6.